The van der Waals surface area contributed by atoms with E-state index in [4.69, 9.17) is 25.9 Å². The molecule has 1 atom stereocenters. The van der Waals surface area contributed by atoms with Crippen molar-refractivity contribution in [3.8, 4) is 0 Å². The third-order valence-electron chi connectivity index (χ3n) is 3.36. The summed E-state index contributed by atoms with van der Waals surface area (Å²) in [5.74, 6) is 0. The van der Waals surface area contributed by atoms with Gasteiger partial charge in [-0.3, -0.25) is 0 Å². The largest absolute Gasteiger partial charge is 0.529 e. The quantitative estimate of drug-likeness (QED) is 0.582. The normalized spacial score (nSPS) is 15.2. The lowest BCUT2D eigenvalue weighted by molar-refractivity contribution is 0.115. The van der Waals surface area contributed by atoms with E-state index in [2.05, 4.69) is 6.58 Å². The molecule has 1 unspecified atom stereocenters. The highest BCUT2D eigenvalue weighted by Gasteiger charge is 2.55. The SMILES string of the molecule is C=C[Si](OC)(O[Si](C)(C)OC)O[Si](OC)(OC)c1ccccc1. The molecule has 0 aliphatic heterocycles. The van der Waals surface area contributed by atoms with E-state index < -0.39 is 26.2 Å². The smallest absolute Gasteiger partial charge is 0.398 e. The van der Waals surface area contributed by atoms with Crippen molar-refractivity contribution in [1.29, 1.82) is 0 Å². The van der Waals surface area contributed by atoms with Crippen LogP contribution in [0.3, 0.4) is 0 Å². The average molecular weight is 375 g/mol. The zero-order valence-electron chi connectivity index (χ0n) is 14.6. The summed E-state index contributed by atoms with van der Waals surface area (Å²) < 4.78 is 34.8. The predicted molar refractivity (Wildman–Crippen MR) is 95.5 cm³/mol. The second kappa shape index (κ2) is 8.46. The van der Waals surface area contributed by atoms with E-state index in [1.165, 1.54) is 7.11 Å². The van der Waals surface area contributed by atoms with Gasteiger partial charge in [0.15, 0.2) is 0 Å². The lowest BCUT2D eigenvalue weighted by Crippen LogP contribution is -2.65. The summed E-state index contributed by atoms with van der Waals surface area (Å²) in [6, 6.07) is 9.51. The minimum Gasteiger partial charge on any atom is -0.398 e. The molecule has 0 bridgehead atoms. The summed E-state index contributed by atoms with van der Waals surface area (Å²) >= 11 is 0. The van der Waals surface area contributed by atoms with E-state index in [0.29, 0.717) is 0 Å². The Hall–Kier alpha value is -0.629. The molecule has 0 spiro atoms. The highest BCUT2D eigenvalue weighted by Crippen LogP contribution is 2.23. The molecule has 1 rings (SSSR count). The maximum atomic E-state index is 6.27. The lowest BCUT2D eigenvalue weighted by atomic mass is 10.4. The van der Waals surface area contributed by atoms with Gasteiger partial charge >= 0.3 is 26.2 Å². The Morgan fingerprint density at radius 1 is 0.826 bits per heavy atom. The van der Waals surface area contributed by atoms with Gasteiger partial charge in [0.1, 0.15) is 0 Å². The second-order valence-electron chi connectivity index (χ2n) is 5.15. The van der Waals surface area contributed by atoms with Gasteiger partial charge in [-0.2, -0.15) is 0 Å². The van der Waals surface area contributed by atoms with Crippen LogP contribution in [-0.4, -0.2) is 54.6 Å². The van der Waals surface area contributed by atoms with Crippen LogP contribution in [0.5, 0.6) is 0 Å². The number of benzene rings is 1. The molecule has 23 heavy (non-hydrogen) atoms. The van der Waals surface area contributed by atoms with E-state index in [9.17, 15) is 0 Å². The van der Waals surface area contributed by atoms with Crippen molar-refractivity contribution in [2.45, 2.75) is 13.1 Å². The molecule has 0 saturated carbocycles. The molecule has 6 nitrogen and oxygen atoms in total. The third kappa shape index (κ3) is 4.92. The lowest BCUT2D eigenvalue weighted by Gasteiger charge is -2.38. The van der Waals surface area contributed by atoms with Crippen LogP contribution in [0.15, 0.2) is 42.6 Å². The van der Waals surface area contributed by atoms with Gasteiger partial charge in [0, 0.05) is 33.6 Å². The Morgan fingerprint density at radius 2 is 1.39 bits per heavy atom. The minimum atomic E-state index is -3.25. The van der Waals surface area contributed by atoms with Crippen molar-refractivity contribution in [3.05, 3.63) is 42.6 Å². The first-order chi connectivity index (χ1) is 10.8. The molecular weight excluding hydrogens is 348 g/mol. The Labute approximate surface area is 141 Å². The fourth-order valence-corrected chi connectivity index (χ4v) is 10.9. The summed E-state index contributed by atoms with van der Waals surface area (Å²) in [7, 11) is -2.63. The fourth-order valence-electron chi connectivity index (χ4n) is 1.95. The van der Waals surface area contributed by atoms with Crippen LogP contribution >= 0.6 is 0 Å². The topological polar surface area (TPSA) is 55.4 Å². The predicted octanol–water partition coefficient (Wildman–Crippen LogP) is 1.82. The Bertz CT molecular complexity index is 495. The van der Waals surface area contributed by atoms with Crippen LogP contribution in [0.1, 0.15) is 0 Å². The fraction of sp³-hybridized carbons (Fsp3) is 0.429. The van der Waals surface area contributed by atoms with Crippen molar-refractivity contribution in [1.82, 2.24) is 0 Å². The molecule has 0 radical (unpaired) electrons. The molecule has 1 aromatic rings. The average Bonchev–Trinajstić information content (AvgIpc) is 2.59. The van der Waals surface area contributed by atoms with Crippen molar-refractivity contribution in [2.24, 2.45) is 0 Å². The molecule has 0 heterocycles. The second-order valence-corrected chi connectivity index (χ2v) is 14.5. The highest BCUT2D eigenvalue weighted by molar-refractivity contribution is 6.88. The van der Waals surface area contributed by atoms with Crippen molar-refractivity contribution < 1.29 is 25.9 Å². The van der Waals surface area contributed by atoms with Crippen molar-refractivity contribution >= 4 is 31.4 Å². The van der Waals surface area contributed by atoms with E-state index in [1.807, 2.05) is 43.4 Å². The van der Waals surface area contributed by atoms with E-state index in [-0.39, 0.29) is 0 Å². The monoisotopic (exact) mass is 374 g/mol. The third-order valence-corrected chi connectivity index (χ3v) is 12.8. The minimum absolute atomic E-state index is 0.821. The van der Waals surface area contributed by atoms with Gasteiger partial charge in [0.2, 0.25) is 0 Å². The summed E-state index contributed by atoms with van der Waals surface area (Å²) in [6.07, 6.45) is 0. The van der Waals surface area contributed by atoms with Gasteiger partial charge in [0.05, 0.1) is 0 Å². The molecule has 9 heteroatoms. The van der Waals surface area contributed by atoms with Crippen molar-refractivity contribution in [3.63, 3.8) is 0 Å². The summed E-state index contributed by atoms with van der Waals surface area (Å²) in [6.45, 7) is 7.65. The molecule has 0 aromatic heterocycles. The summed E-state index contributed by atoms with van der Waals surface area (Å²) in [5, 5.41) is 0.821. The first-order valence-electron chi connectivity index (χ1n) is 7.12. The Balaban J connectivity index is 3.24. The van der Waals surface area contributed by atoms with E-state index in [1.54, 1.807) is 27.0 Å². The van der Waals surface area contributed by atoms with Gasteiger partial charge < -0.3 is 25.9 Å². The maximum absolute atomic E-state index is 6.27. The zero-order chi connectivity index (χ0) is 17.6. The van der Waals surface area contributed by atoms with Crippen LogP contribution in [0.4, 0.5) is 0 Å². The van der Waals surface area contributed by atoms with Crippen LogP contribution in [0.2, 0.25) is 13.1 Å². The van der Waals surface area contributed by atoms with Crippen molar-refractivity contribution in [2.75, 3.05) is 28.4 Å². The van der Waals surface area contributed by atoms with Gasteiger partial charge in [-0.15, -0.1) is 0 Å². The number of hydrogen-bond acceptors (Lipinski definition) is 6. The van der Waals surface area contributed by atoms with Gasteiger partial charge in [0.25, 0.3) is 0 Å². The number of hydrogen-bond donors (Lipinski definition) is 0. The van der Waals surface area contributed by atoms with Gasteiger partial charge in [-0.05, 0) is 18.8 Å². The zero-order valence-corrected chi connectivity index (χ0v) is 17.6. The summed E-state index contributed by atoms with van der Waals surface area (Å²) in [5.41, 5.74) is 1.57. The first kappa shape index (κ1) is 20.4. The Morgan fingerprint density at radius 3 is 1.78 bits per heavy atom. The molecule has 0 fully saturated rings. The molecule has 1 aromatic carbocycles. The maximum Gasteiger partial charge on any atom is 0.529 e. The molecule has 0 aliphatic carbocycles. The number of rotatable bonds is 10. The van der Waals surface area contributed by atoms with Crippen LogP contribution in [0, 0.1) is 0 Å². The molecule has 0 N–H and O–H groups in total. The highest BCUT2D eigenvalue weighted by atomic mass is 28.5. The first-order valence-corrected chi connectivity index (χ1v) is 13.5. The van der Waals surface area contributed by atoms with Crippen LogP contribution in [-0.2, 0) is 25.9 Å². The molecule has 0 aliphatic rings. The standard InChI is InChI=1S/C14H26O6Si3/c1-8-22(16-3,19-21(6,7)15-2)20-23(17-4,18-5)14-12-10-9-11-13-14/h8-13H,1H2,2-7H3. The van der Waals surface area contributed by atoms with E-state index in [0.717, 1.165) is 5.19 Å². The summed E-state index contributed by atoms with van der Waals surface area (Å²) in [4.78, 5) is 0. The molecule has 130 valence electrons. The van der Waals surface area contributed by atoms with Crippen LogP contribution < -0.4 is 5.19 Å². The Kier molecular flexibility index (Phi) is 7.51. The van der Waals surface area contributed by atoms with Gasteiger partial charge in [-0.25, -0.2) is 0 Å². The molecule has 0 amide bonds. The van der Waals surface area contributed by atoms with E-state index >= 15 is 0 Å². The van der Waals surface area contributed by atoms with Gasteiger partial charge in [-0.1, -0.05) is 36.9 Å². The molecular formula is C14H26O6Si3. The van der Waals surface area contributed by atoms with Crippen LogP contribution in [0.25, 0.3) is 0 Å². The molecule has 0 saturated heterocycles.